The molecule has 200 valence electrons. The van der Waals surface area contributed by atoms with Gasteiger partial charge in [0.25, 0.3) is 0 Å². The Morgan fingerprint density at radius 1 is 0.800 bits per heavy atom. The lowest BCUT2D eigenvalue weighted by Gasteiger charge is -2.31. The monoisotopic (exact) mass is 490 g/mol. The Labute approximate surface area is 213 Å². The molecule has 0 aromatic heterocycles. The molecule has 0 aliphatic rings. The number of phenols is 1. The second-order valence-electron chi connectivity index (χ2n) is 11.0. The molecule has 3 N–H and O–H groups in total. The number of amides is 2. The summed E-state index contributed by atoms with van der Waals surface area (Å²) >= 11 is 0. The molecule has 6 nitrogen and oxygen atoms in total. The maximum Gasteiger partial charge on any atom is 0.219 e. The summed E-state index contributed by atoms with van der Waals surface area (Å²) in [4.78, 5) is 24.1. The molecule has 0 heterocycles. The van der Waals surface area contributed by atoms with Gasteiger partial charge in [0.2, 0.25) is 11.8 Å². The van der Waals surface area contributed by atoms with E-state index in [1.165, 1.54) is 0 Å². The van der Waals surface area contributed by atoms with Gasteiger partial charge in [0.15, 0.2) is 0 Å². The van der Waals surface area contributed by atoms with Gasteiger partial charge in [-0.15, -0.1) is 0 Å². The molecule has 0 spiro atoms. The van der Waals surface area contributed by atoms with Crippen molar-refractivity contribution in [3.63, 3.8) is 0 Å². The summed E-state index contributed by atoms with van der Waals surface area (Å²) in [6, 6.07) is 3.78. The summed E-state index contributed by atoms with van der Waals surface area (Å²) in [5.74, 6) is 1.19. The molecule has 0 atom stereocenters. The molecule has 0 saturated heterocycles. The Hall–Kier alpha value is -2.24. The Kier molecular flexibility index (Phi) is 13.2. The number of aromatic hydroxyl groups is 1. The lowest BCUT2D eigenvalue weighted by atomic mass is 9.75. The van der Waals surface area contributed by atoms with Gasteiger partial charge in [0, 0.05) is 37.1 Å². The molecule has 0 bridgehead atoms. The van der Waals surface area contributed by atoms with Crippen LogP contribution in [0, 0.1) is 0 Å². The van der Waals surface area contributed by atoms with Gasteiger partial charge in [-0.1, -0.05) is 54.4 Å². The van der Waals surface area contributed by atoms with Crippen molar-refractivity contribution in [1.29, 1.82) is 0 Å². The van der Waals surface area contributed by atoms with Crippen LogP contribution in [0.4, 0.5) is 0 Å². The number of carbonyl (C=O) groups is 2. The quantitative estimate of drug-likeness (QED) is 0.229. The Morgan fingerprint density at radius 2 is 1.26 bits per heavy atom. The number of carbonyl (C=O) groups excluding carboxylic acids is 2. The van der Waals surface area contributed by atoms with Crippen LogP contribution in [0.3, 0.4) is 0 Å². The topological polar surface area (TPSA) is 87.7 Å². The van der Waals surface area contributed by atoms with Crippen LogP contribution in [0.25, 0.3) is 0 Å². The minimum atomic E-state index is -0.305. The molecule has 0 saturated carbocycles. The van der Waals surface area contributed by atoms with E-state index in [0.29, 0.717) is 12.8 Å². The fourth-order valence-electron chi connectivity index (χ4n) is 4.45. The highest BCUT2D eigenvalue weighted by Gasteiger charge is 2.30. The zero-order valence-electron chi connectivity index (χ0n) is 23.3. The Balaban J connectivity index is 2.83. The van der Waals surface area contributed by atoms with Gasteiger partial charge in [-0.3, -0.25) is 9.59 Å². The molecular formula is C29H50N2O4. The van der Waals surface area contributed by atoms with Crippen molar-refractivity contribution >= 4 is 11.8 Å². The van der Waals surface area contributed by atoms with E-state index in [2.05, 4.69) is 52.2 Å². The third-order valence-corrected chi connectivity index (χ3v) is 6.89. The molecule has 2 amide bonds. The maximum atomic E-state index is 12.1. The van der Waals surface area contributed by atoms with Gasteiger partial charge in [-0.25, -0.2) is 0 Å². The predicted molar refractivity (Wildman–Crippen MR) is 144 cm³/mol. The fourth-order valence-corrected chi connectivity index (χ4v) is 4.45. The number of benzene rings is 1. The first-order chi connectivity index (χ1) is 16.5. The van der Waals surface area contributed by atoms with Gasteiger partial charge < -0.3 is 20.5 Å². The van der Waals surface area contributed by atoms with Crippen molar-refractivity contribution in [2.24, 2.45) is 0 Å². The van der Waals surface area contributed by atoms with Gasteiger partial charge in [-0.2, -0.15) is 0 Å². The van der Waals surface area contributed by atoms with Crippen LogP contribution in [0.5, 0.6) is 11.5 Å². The molecular weight excluding hydrogens is 440 g/mol. The summed E-state index contributed by atoms with van der Waals surface area (Å²) in [5.41, 5.74) is 1.21. The van der Waals surface area contributed by atoms with Crippen LogP contribution in [-0.2, 0) is 20.4 Å². The second kappa shape index (κ2) is 15.0. The Bertz CT molecular complexity index is 802. The zero-order valence-corrected chi connectivity index (χ0v) is 23.3. The highest BCUT2D eigenvalue weighted by Crippen LogP contribution is 2.43. The molecule has 0 aliphatic carbocycles. The van der Waals surface area contributed by atoms with E-state index < -0.39 is 0 Å². The SMILES string of the molecule is CCCCNC(=O)CCCC(C)(C)c1cc(OC)c(C(C)(C)CCCC(=O)NCCCC)cc1O. The molecule has 6 heteroatoms. The Morgan fingerprint density at radius 3 is 1.69 bits per heavy atom. The van der Waals surface area contributed by atoms with Crippen molar-refractivity contribution in [3.8, 4) is 11.5 Å². The van der Waals surface area contributed by atoms with Crippen LogP contribution in [0.1, 0.15) is 117 Å². The van der Waals surface area contributed by atoms with Crippen molar-refractivity contribution in [2.75, 3.05) is 20.2 Å². The second-order valence-corrected chi connectivity index (χ2v) is 11.0. The first kappa shape index (κ1) is 30.8. The molecule has 0 fully saturated rings. The number of unbranched alkanes of at least 4 members (excludes halogenated alkanes) is 2. The fraction of sp³-hybridized carbons (Fsp3) is 0.724. The minimum absolute atomic E-state index is 0.0900. The average molecular weight is 491 g/mol. The molecule has 35 heavy (non-hydrogen) atoms. The number of rotatable bonds is 17. The summed E-state index contributed by atoms with van der Waals surface area (Å²) < 4.78 is 5.76. The minimum Gasteiger partial charge on any atom is -0.508 e. The summed E-state index contributed by atoms with van der Waals surface area (Å²) in [7, 11) is 1.66. The molecule has 1 aromatic carbocycles. The first-order valence-electron chi connectivity index (χ1n) is 13.4. The molecule has 1 rings (SSSR count). The largest absolute Gasteiger partial charge is 0.508 e. The zero-order chi connectivity index (χ0) is 26.5. The number of ether oxygens (including phenoxy) is 1. The molecule has 0 aliphatic heterocycles. The van der Waals surface area contributed by atoms with Crippen molar-refractivity contribution in [2.45, 2.75) is 117 Å². The smallest absolute Gasteiger partial charge is 0.219 e. The highest BCUT2D eigenvalue weighted by molar-refractivity contribution is 5.76. The third-order valence-electron chi connectivity index (χ3n) is 6.89. The van der Waals surface area contributed by atoms with Gasteiger partial charge >= 0.3 is 0 Å². The van der Waals surface area contributed by atoms with E-state index in [1.807, 2.05) is 12.1 Å². The molecule has 0 unspecified atom stereocenters. The normalized spacial score (nSPS) is 11.9. The van der Waals surface area contributed by atoms with Gasteiger partial charge in [0.05, 0.1) is 7.11 Å². The molecule has 0 radical (unpaired) electrons. The van der Waals surface area contributed by atoms with Crippen LogP contribution in [-0.4, -0.2) is 37.1 Å². The van der Waals surface area contributed by atoms with E-state index in [-0.39, 0.29) is 28.4 Å². The average Bonchev–Trinajstić information content (AvgIpc) is 2.79. The highest BCUT2D eigenvalue weighted by atomic mass is 16.5. The third kappa shape index (κ3) is 10.5. The van der Waals surface area contributed by atoms with Crippen molar-refractivity contribution in [1.82, 2.24) is 10.6 Å². The number of methoxy groups -OCH3 is 1. The lowest BCUT2D eigenvalue weighted by Crippen LogP contribution is -2.26. The van der Waals surface area contributed by atoms with E-state index in [1.54, 1.807) is 7.11 Å². The molecule has 1 aromatic rings. The standard InChI is InChI=1S/C29H50N2O4/c1-8-10-18-30-26(33)14-12-16-28(3,4)22-21-25(35-7)23(20-24(22)32)29(5,6)17-13-15-27(34)31-19-11-9-2/h20-21,32H,8-19H2,1-7H3,(H,30,33)(H,31,34). The first-order valence-corrected chi connectivity index (χ1v) is 13.4. The summed E-state index contributed by atoms with van der Waals surface area (Å²) in [6.45, 7) is 14.1. The van der Waals surface area contributed by atoms with Crippen LogP contribution < -0.4 is 15.4 Å². The van der Waals surface area contributed by atoms with Gasteiger partial charge in [0.1, 0.15) is 11.5 Å². The van der Waals surface area contributed by atoms with Crippen molar-refractivity contribution in [3.05, 3.63) is 23.3 Å². The van der Waals surface area contributed by atoms with Gasteiger partial charge in [-0.05, 0) is 61.5 Å². The van der Waals surface area contributed by atoms with Crippen molar-refractivity contribution < 1.29 is 19.4 Å². The number of nitrogens with one attached hydrogen (secondary N) is 2. The lowest BCUT2D eigenvalue weighted by molar-refractivity contribution is -0.122. The van der Waals surface area contributed by atoms with E-state index in [0.717, 1.165) is 81.3 Å². The van der Waals surface area contributed by atoms with Crippen LogP contribution in [0.2, 0.25) is 0 Å². The van der Waals surface area contributed by atoms with Crippen LogP contribution in [0.15, 0.2) is 12.1 Å². The maximum absolute atomic E-state index is 12.1. The number of hydrogen-bond acceptors (Lipinski definition) is 4. The van der Waals surface area contributed by atoms with Crippen LogP contribution >= 0.6 is 0 Å². The van der Waals surface area contributed by atoms with E-state index >= 15 is 0 Å². The van der Waals surface area contributed by atoms with E-state index in [4.69, 9.17) is 4.74 Å². The number of phenolic OH excluding ortho intramolecular Hbond substituents is 1. The van der Waals surface area contributed by atoms with E-state index in [9.17, 15) is 14.7 Å². The summed E-state index contributed by atoms with van der Waals surface area (Å²) in [6.07, 6.45) is 8.22. The number of hydrogen-bond donors (Lipinski definition) is 3. The predicted octanol–water partition coefficient (Wildman–Crippen LogP) is 6.13. The summed E-state index contributed by atoms with van der Waals surface area (Å²) in [5, 5.41) is 16.9.